The normalized spacial score (nSPS) is 14.5. The van der Waals surface area contributed by atoms with E-state index in [0.29, 0.717) is 13.0 Å². The van der Waals surface area contributed by atoms with E-state index < -0.39 is 0 Å². The molecular formula is C17H23ClN2O2. The number of hydrogen-bond donors (Lipinski definition) is 2. The van der Waals surface area contributed by atoms with Crippen LogP contribution in [-0.2, 0) is 24.1 Å². The van der Waals surface area contributed by atoms with Crippen molar-refractivity contribution < 1.29 is 9.21 Å². The molecule has 1 aliphatic carbocycles. The molecule has 1 aliphatic rings. The van der Waals surface area contributed by atoms with Crippen LogP contribution in [0.15, 0.2) is 22.8 Å². The minimum absolute atomic E-state index is 0. The van der Waals surface area contributed by atoms with Gasteiger partial charge in [-0.05, 0) is 55.9 Å². The van der Waals surface area contributed by atoms with E-state index in [9.17, 15) is 4.79 Å². The number of nitrogens with two attached hydrogens (primary N) is 1. The van der Waals surface area contributed by atoms with Gasteiger partial charge in [0, 0.05) is 23.5 Å². The highest BCUT2D eigenvalue weighted by Crippen LogP contribution is 2.30. The van der Waals surface area contributed by atoms with Crippen LogP contribution in [0.4, 0.5) is 0 Å². The number of halogens is 1. The highest BCUT2D eigenvalue weighted by Gasteiger charge is 2.16. The molecule has 0 radical (unpaired) electrons. The van der Waals surface area contributed by atoms with Gasteiger partial charge in [0.1, 0.15) is 5.58 Å². The molecule has 4 nitrogen and oxygen atoms in total. The molecule has 120 valence electrons. The maximum Gasteiger partial charge on any atom is 0.224 e. The van der Waals surface area contributed by atoms with Crippen molar-refractivity contribution in [1.82, 2.24) is 5.32 Å². The molecule has 0 saturated carbocycles. The van der Waals surface area contributed by atoms with E-state index in [-0.39, 0.29) is 24.4 Å². The van der Waals surface area contributed by atoms with Crippen LogP contribution in [0.3, 0.4) is 0 Å². The SMILES string of the molecule is CC(N)CCNC(=O)Cc1coc2cc3c(cc12)CCC3.Cl. The number of nitrogens with one attached hydrogen (secondary N) is 1. The van der Waals surface area contributed by atoms with Crippen molar-refractivity contribution in [2.45, 2.75) is 45.1 Å². The summed E-state index contributed by atoms with van der Waals surface area (Å²) in [5.41, 5.74) is 10.3. The van der Waals surface area contributed by atoms with Crippen LogP contribution in [0, 0.1) is 0 Å². The van der Waals surface area contributed by atoms with Gasteiger partial charge in [-0.3, -0.25) is 4.79 Å². The van der Waals surface area contributed by atoms with Gasteiger partial charge in [0.15, 0.2) is 0 Å². The monoisotopic (exact) mass is 322 g/mol. The van der Waals surface area contributed by atoms with Crippen molar-refractivity contribution in [2.75, 3.05) is 6.54 Å². The van der Waals surface area contributed by atoms with Crippen LogP contribution in [0.5, 0.6) is 0 Å². The van der Waals surface area contributed by atoms with E-state index in [1.165, 1.54) is 17.5 Å². The molecule has 2 aromatic rings. The van der Waals surface area contributed by atoms with Gasteiger partial charge >= 0.3 is 0 Å². The van der Waals surface area contributed by atoms with Gasteiger partial charge in [0.05, 0.1) is 12.7 Å². The topological polar surface area (TPSA) is 68.3 Å². The Morgan fingerprint density at radius 2 is 2.09 bits per heavy atom. The van der Waals surface area contributed by atoms with Crippen molar-refractivity contribution in [3.05, 3.63) is 35.1 Å². The fourth-order valence-corrected chi connectivity index (χ4v) is 2.96. The molecule has 1 aromatic heterocycles. The molecule has 3 rings (SSSR count). The Balaban J connectivity index is 0.00000176. The summed E-state index contributed by atoms with van der Waals surface area (Å²) in [6, 6.07) is 4.45. The van der Waals surface area contributed by atoms with Gasteiger partial charge in [-0.1, -0.05) is 0 Å². The van der Waals surface area contributed by atoms with Crippen LogP contribution in [0.2, 0.25) is 0 Å². The molecule has 0 spiro atoms. The van der Waals surface area contributed by atoms with E-state index in [1.807, 2.05) is 6.92 Å². The highest BCUT2D eigenvalue weighted by atomic mass is 35.5. The molecule has 0 aliphatic heterocycles. The number of aryl methyl sites for hydroxylation is 2. The summed E-state index contributed by atoms with van der Waals surface area (Å²) in [6.07, 6.45) is 6.37. The lowest BCUT2D eigenvalue weighted by atomic mass is 10.0. The van der Waals surface area contributed by atoms with Gasteiger partial charge in [0.25, 0.3) is 0 Å². The second-order valence-electron chi connectivity index (χ2n) is 6.02. The second-order valence-corrected chi connectivity index (χ2v) is 6.02. The number of rotatable bonds is 5. The lowest BCUT2D eigenvalue weighted by molar-refractivity contribution is -0.120. The Kier molecular flexibility index (Phi) is 5.48. The number of hydrogen-bond acceptors (Lipinski definition) is 3. The number of furan rings is 1. The number of fused-ring (bicyclic) bond motifs is 2. The quantitative estimate of drug-likeness (QED) is 0.889. The van der Waals surface area contributed by atoms with E-state index in [4.69, 9.17) is 10.2 Å². The summed E-state index contributed by atoms with van der Waals surface area (Å²) in [6.45, 7) is 2.57. The summed E-state index contributed by atoms with van der Waals surface area (Å²) >= 11 is 0. The zero-order valence-electron chi connectivity index (χ0n) is 12.9. The number of benzene rings is 1. The van der Waals surface area contributed by atoms with Gasteiger partial charge in [-0.25, -0.2) is 0 Å². The molecule has 0 bridgehead atoms. The molecule has 22 heavy (non-hydrogen) atoms. The highest BCUT2D eigenvalue weighted by molar-refractivity contribution is 5.88. The molecule has 1 amide bonds. The largest absolute Gasteiger partial charge is 0.464 e. The molecule has 1 heterocycles. The first-order valence-corrected chi connectivity index (χ1v) is 7.67. The second kappa shape index (κ2) is 7.16. The maximum atomic E-state index is 12.0. The average Bonchev–Trinajstić information content (AvgIpc) is 3.03. The van der Waals surface area contributed by atoms with Crippen molar-refractivity contribution in [1.29, 1.82) is 0 Å². The Bertz CT molecular complexity index is 664. The first kappa shape index (κ1) is 16.8. The summed E-state index contributed by atoms with van der Waals surface area (Å²) < 4.78 is 5.62. The molecule has 0 saturated heterocycles. The van der Waals surface area contributed by atoms with Crippen molar-refractivity contribution in [3.63, 3.8) is 0 Å². The van der Waals surface area contributed by atoms with Crippen molar-refractivity contribution >= 4 is 29.3 Å². The minimum Gasteiger partial charge on any atom is -0.464 e. The van der Waals surface area contributed by atoms with E-state index in [1.54, 1.807) is 6.26 Å². The third-order valence-electron chi connectivity index (χ3n) is 4.14. The molecule has 1 unspecified atom stereocenters. The maximum absolute atomic E-state index is 12.0. The summed E-state index contributed by atoms with van der Waals surface area (Å²) in [5.74, 6) is 0.0267. The zero-order valence-corrected chi connectivity index (χ0v) is 13.7. The Morgan fingerprint density at radius 1 is 1.36 bits per heavy atom. The predicted octanol–water partition coefficient (Wildman–Crippen LogP) is 2.74. The van der Waals surface area contributed by atoms with Crippen molar-refractivity contribution in [2.24, 2.45) is 5.73 Å². The van der Waals surface area contributed by atoms with Crippen LogP contribution < -0.4 is 11.1 Å². The molecule has 5 heteroatoms. The molecule has 0 fully saturated rings. The fraction of sp³-hybridized carbons (Fsp3) is 0.471. The summed E-state index contributed by atoms with van der Waals surface area (Å²) in [5, 5.41) is 3.99. The third-order valence-corrected chi connectivity index (χ3v) is 4.14. The minimum atomic E-state index is 0. The smallest absolute Gasteiger partial charge is 0.224 e. The van der Waals surface area contributed by atoms with E-state index in [2.05, 4.69) is 17.4 Å². The molecule has 1 atom stereocenters. The van der Waals surface area contributed by atoms with Crippen LogP contribution in [0.25, 0.3) is 11.0 Å². The fourth-order valence-electron chi connectivity index (χ4n) is 2.96. The average molecular weight is 323 g/mol. The molecule has 3 N–H and O–H groups in total. The lowest BCUT2D eigenvalue weighted by Crippen LogP contribution is -2.29. The van der Waals surface area contributed by atoms with Crippen LogP contribution >= 0.6 is 12.4 Å². The van der Waals surface area contributed by atoms with Crippen LogP contribution in [0.1, 0.15) is 36.5 Å². The Morgan fingerprint density at radius 3 is 2.82 bits per heavy atom. The van der Waals surface area contributed by atoms with Gasteiger partial charge in [-0.2, -0.15) is 0 Å². The van der Waals surface area contributed by atoms with Crippen LogP contribution in [-0.4, -0.2) is 18.5 Å². The number of amides is 1. The van der Waals surface area contributed by atoms with Crippen molar-refractivity contribution in [3.8, 4) is 0 Å². The predicted molar refractivity (Wildman–Crippen MR) is 90.5 cm³/mol. The molecular weight excluding hydrogens is 300 g/mol. The van der Waals surface area contributed by atoms with Gasteiger partial charge < -0.3 is 15.5 Å². The standard InChI is InChI=1S/C17H22N2O2.ClH/c1-11(18)5-6-19-17(20)9-14-10-21-16-8-13-4-2-3-12(13)7-15(14)16;/h7-8,10-11H,2-6,9,18H2,1H3,(H,19,20);1H. The lowest BCUT2D eigenvalue weighted by Gasteiger charge is -2.07. The summed E-state index contributed by atoms with van der Waals surface area (Å²) in [7, 11) is 0. The van der Waals surface area contributed by atoms with Gasteiger partial charge in [0.2, 0.25) is 5.91 Å². The first-order chi connectivity index (χ1) is 10.1. The molecule has 1 aromatic carbocycles. The zero-order chi connectivity index (χ0) is 14.8. The van der Waals surface area contributed by atoms with E-state index >= 15 is 0 Å². The van der Waals surface area contributed by atoms with Gasteiger partial charge in [-0.15, -0.1) is 12.4 Å². The number of carbonyl (C=O) groups excluding carboxylic acids is 1. The summed E-state index contributed by atoms with van der Waals surface area (Å²) in [4.78, 5) is 12.0. The first-order valence-electron chi connectivity index (χ1n) is 7.67. The Hall–Kier alpha value is -1.52. The van der Waals surface area contributed by atoms with E-state index in [0.717, 1.165) is 35.8 Å². The number of carbonyl (C=O) groups is 1. The third kappa shape index (κ3) is 3.62. The Labute approximate surface area is 136 Å².